The summed E-state index contributed by atoms with van der Waals surface area (Å²) in [6.07, 6.45) is 3.36. The molecule has 0 spiro atoms. The second-order valence-electron chi connectivity index (χ2n) is 5.43. The van der Waals surface area contributed by atoms with E-state index in [1.54, 1.807) is 22.7 Å². The minimum absolute atomic E-state index is 0.125. The molecule has 0 fully saturated rings. The Morgan fingerprint density at radius 1 is 1.21 bits per heavy atom. The maximum Gasteiger partial charge on any atom is 0.335 e. The van der Waals surface area contributed by atoms with Gasteiger partial charge in [0.05, 0.1) is 11.3 Å². The zero-order valence-electron chi connectivity index (χ0n) is 13.2. The Labute approximate surface area is 138 Å². The Kier molecular flexibility index (Phi) is 4.29. The summed E-state index contributed by atoms with van der Waals surface area (Å²) in [5.74, 6) is -1.34. The van der Waals surface area contributed by atoms with Crippen molar-refractivity contribution in [2.45, 2.75) is 19.8 Å². The molecule has 3 aromatic rings. The van der Waals surface area contributed by atoms with Crippen LogP contribution in [0.1, 0.15) is 39.9 Å². The highest BCUT2D eigenvalue weighted by molar-refractivity contribution is 6.05. The van der Waals surface area contributed by atoms with Crippen molar-refractivity contribution >= 4 is 23.2 Å². The lowest BCUT2D eigenvalue weighted by Gasteiger charge is -2.07. The van der Waals surface area contributed by atoms with Gasteiger partial charge in [0.25, 0.3) is 5.91 Å². The monoisotopic (exact) mass is 323 g/mol. The summed E-state index contributed by atoms with van der Waals surface area (Å²) in [5.41, 5.74) is 2.49. The molecule has 2 aromatic heterocycles. The van der Waals surface area contributed by atoms with Crippen LogP contribution in [0.15, 0.2) is 48.7 Å². The molecule has 122 valence electrons. The van der Waals surface area contributed by atoms with Crippen molar-refractivity contribution in [3.63, 3.8) is 0 Å². The number of nitrogens with zero attached hydrogens (tertiary/aromatic N) is 2. The number of carbonyl (C=O) groups is 2. The first kappa shape index (κ1) is 15.7. The predicted octanol–water partition coefficient (Wildman–Crippen LogP) is 3.24. The van der Waals surface area contributed by atoms with Gasteiger partial charge in [-0.15, -0.1) is 0 Å². The first-order valence-electron chi connectivity index (χ1n) is 7.71. The summed E-state index contributed by atoms with van der Waals surface area (Å²) in [6.45, 7) is 2.03. The first-order valence-corrected chi connectivity index (χ1v) is 7.71. The number of aryl methyl sites for hydroxylation is 1. The van der Waals surface area contributed by atoms with Crippen molar-refractivity contribution in [1.82, 2.24) is 9.38 Å². The predicted molar refractivity (Wildman–Crippen MR) is 90.5 cm³/mol. The second kappa shape index (κ2) is 6.54. The quantitative estimate of drug-likeness (QED) is 0.755. The van der Waals surface area contributed by atoms with Gasteiger partial charge in [0.1, 0.15) is 11.3 Å². The van der Waals surface area contributed by atoms with Crippen LogP contribution in [0.4, 0.5) is 5.69 Å². The van der Waals surface area contributed by atoms with Crippen LogP contribution < -0.4 is 5.32 Å². The van der Waals surface area contributed by atoms with E-state index in [1.165, 1.54) is 12.1 Å². The number of fused-ring (bicyclic) bond motifs is 1. The highest BCUT2D eigenvalue weighted by Crippen LogP contribution is 2.17. The van der Waals surface area contributed by atoms with E-state index in [4.69, 9.17) is 5.11 Å². The van der Waals surface area contributed by atoms with E-state index in [0.29, 0.717) is 23.4 Å². The summed E-state index contributed by atoms with van der Waals surface area (Å²) in [7, 11) is 0. The van der Waals surface area contributed by atoms with Crippen LogP contribution in [-0.2, 0) is 6.42 Å². The summed E-state index contributed by atoms with van der Waals surface area (Å²) in [5, 5.41) is 11.8. The number of carboxylic acid groups (broad SMARTS) is 1. The van der Waals surface area contributed by atoms with Gasteiger partial charge in [-0.2, -0.15) is 0 Å². The van der Waals surface area contributed by atoms with E-state index in [1.807, 2.05) is 25.1 Å². The number of aromatic carboxylic acids is 1. The van der Waals surface area contributed by atoms with E-state index in [0.717, 1.165) is 12.1 Å². The molecular formula is C18H17N3O3. The number of rotatable bonds is 5. The molecule has 0 unspecified atom stereocenters. The lowest BCUT2D eigenvalue weighted by atomic mass is 10.2. The minimum atomic E-state index is -1.03. The number of carboxylic acids is 1. The molecule has 0 aliphatic carbocycles. The number of hydrogen-bond donors (Lipinski definition) is 2. The summed E-state index contributed by atoms with van der Waals surface area (Å²) >= 11 is 0. The van der Waals surface area contributed by atoms with Crippen LogP contribution in [0.5, 0.6) is 0 Å². The van der Waals surface area contributed by atoms with Gasteiger partial charge in [-0.05, 0) is 36.8 Å². The van der Waals surface area contributed by atoms with Crippen molar-refractivity contribution in [2.24, 2.45) is 0 Å². The summed E-state index contributed by atoms with van der Waals surface area (Å²) in [6, 6.07) is 11.7. The van der Waals surface area contributed by atoms with Crippen molar-refractivity contribution in [2.75, 3.05) is 5.32 Å². The Morgan fingerprint density at radius 2 is 2.04 bits per heavy atom. The van der Waals surface area contributed by atoms with Gasteiger partial charge in [0.2, 0.25) is 0 Å². The number of pyridine rings is 1. The van der Waals surface area contributed by atoms with Gasteiger partial charge in [0.15, 0.2) is 0 Å². The van der Waals surface area contributed by atoms with Crippen molar-refractivity contribution in [3.8, 4) is 0 Å². The molecule has 1 amide bonds. The van der Waals surface area contributed by atoms with Crippen LogP contribution in [0.3, 0.4) is 0 Å². The fraction of sp³-hybridized carbons (Fsp3) is 0.167. The normalized spacial score (nSPS) is 10.7. The number of imidazole rings is 1. The summed E-state index contributed by atoms with van der Waals surface area (Å²) < 4.78 is 1.75. The molecule has 0 saturated heterocycles. The van der Waals surface area contributed by atoms with E-state index in [-0.39, 0.29) is 11.5 Å². The number of anilines is 1. The number of nitrogens with one attached hydrogen (secondary N) is 1. The van der Waals surface area contributed by atoms with Crippen LogP contribution in [0.2, 0.25) is 0 Å². The standard InChI is InChI=1S/C18H17N3O3/c1-2-6-14-16(21-10-4-3-9-15(21)20-14)17(22)19-13-8-5-7-12(11-13)18(23)24/h3-5,7-11H,2,6H2,1H3,(H,19,22)(H,23,24). The van der Waals surface area contributed by atoms with Crippen molar-refractivity contribution in [1.29, 1.82) is 0 Å². The molecule has 0 bridgehead atoms. The lowest BCUT2D eigenvalue weighted by molar-refractivity contribution is 0.0696. The van der Waals surface area contributed by atoms with Crippen LogP contribution >= 0.6 is 0 Å². The largest absolute Gasteiger partial charge is 0.478 e. The molecule has 2 heterocycles. The SMILES string of the molecule is CCCc1nc2ccccn2c1C(=O)Nc1cccc(C(=O)O)c1. The fourth-order valence-corrected chi connectivity index (χ4v) is 2.62. The molecule has 1 aromatic carbocycles. The molecule has 0 aliphatic heterocycles. The molecular weight excluding hydrogens is 306 g/mol. The van der Waals surface area contributed by atoms with Gasteiger partial charge in [-0.3, -0.25) is 9.20 Å². The van der Waals surface area contributed by atoms with Gasteiger partial charge < -0.3 is 10.4 Å². The Bertz CT molecular complexity index is 915. The first-order chi connectivity index (χ1) is 11.6. The molecule has 0 radical (unpaired) electrons. The zero-order chi connectivity index (χ0) is 17.1. The van der Waals surface area contributed by atoms with E-state index in [9.17, 15) is 9.59 Å². The third kappa shape index (κ3) is 2.99. The number of carbonyl (C=O) groups excluding carboxylic acids is 1. The zero-order valence-corrected chi connectivity index (χ0v) is 13.2. The third-order valence-electron chi connectivity index (χ3n) is 3.67. The maximum absolute atomic E-state index is 12.7. The third-order valence-corrected chi connectivity index (χ3v) is 3.67. The number of aromatic nitrogens is 2. The highest BCUT2D eigenvalue weighted by Gasteiger charge is 2.19. The van der Waals surface area contributed by atoms with E-state index in [2.05, 4.69) is 10.3 Å². The van der Waals surface area contributed by atoms with Gasteiger partial charge in [-0.25, -0.2) is 9.78 Å². The topological polar surface area (TPSA) is 83.7 Å². The molecule has 0 saturated carbocycles. The van der Waals surface area contributed by atoms with E-state index >= 15 is 0 Å². The molecule has 2 N–H and O–H groups in total. The molecule has 6 nitrogen and oxygen atoms in total. The number of benzene rings is 1. The van der Waals surface area contributed by atoms with Crippen LogP contribution in [-0.4, -0.2) is 26.4 Å². The molecule has 3 rings (SSSR count). The number of amides is 1. The lowest BCUT2D eigenvalue weighted by Crippen LogP contribution is -2.16. The molecule has 0 atom stereocenters. The fourth-order valence-electron chi connectivity index (χ4n) is 2.62. The smallest absolute Gasteiger partial charge is 0.335 e. The Balaban J connectivity index is 1.98. The van der Waals surface area contributed by atoms with Crippen LogP contribution in [0.25, 0.3) is 5.65 Å². The Hall–Kier alpha value is -3.15. The molecule has 0 aliphatic rings. The van der Waals surface area contributed by atoms with Crippen molar-refractivity contribution in [3.05, 3.63) is 65.6 Å². The van der Waals surface area contributed by atoms with E-state index < -0.39 is 5.97 Å². The average molecular weight is 323 g/mol. The average Bonchev–Trinajstić information content (AvgIpc) is 2.93. The maximum atomic E-state index is 12.7. The molecule has 24 heavy (non-hydrogen) atoms. The number of hydrogen-bond acceptors (Lipinski definition) is 3. The highest BCUT2D eigenvalue weighted by atomic mass is 16.4. The van der Waals surface area contributed by atoms with Gasteiger partial charge in [-0.1, -0.05) is 25.5 Å². The minimum Gasteiger partial charge on any atom is -0.478 e. The van der Waals surface area contributed by atoms with Gasteiger partial charge in [0, 0.05) is 11.9 Å². The molecule has 6 heteroatoms. The summed E-state index contributed by atoms with van der Waals surface area (Å²) in [4.78, 5) is 28.3. The second-order valence-corrected chi connectivity index (χ2v) is 5.43. The van der Waals surface area contributed by atoms with Gasteiger partial charge >= 0.3 is 5.97 Å². The Morgan fingerprint density at radius 3 is 2.79 bits per heavy atom. The van der Waals surface area contributed by atoms with Crippen molar-refractivity contribution < 1.29 is 14.7 Å². The van der Waals surface area contributed by atoms with Crippen LogP contribution in [0, 0.1) is 0 Å².